The van der Waals surface area contributed by atoms with Crippen molar-refractivity contribution < 1.29 is 0 Å². The van der Waals surface area contributed by atoms with Gasteiger partial charge in [0.15, 0.2) is 4.77 Å². The van der Waals surface area contributed by atoms with Gasteiger partial charge in [0.25, 0.3) is 0 Å². The molecule has 14 heavy (non-hydrogen) atoms. The Bertz CT molecular complexity index is 453. The fourth-order valence-electron chi connectivity index (χ4n) is 1.21. The Morgan fingerprint density at radius 2 is 2.36 bits per heavy atom. The molecular formula is C7H10N6S. The van der Waals surface area contributed by atoms with Gasteiger partial charge in [-0.3, -0.25) is 9.78 Å². The Kier molecular flexibility index (Phi) is 2.40. The van der Waals surface area contributed by atoms with E-state index in [0.717, 1.165) is 18.9 Å². The van der Waals surface area contributed by atoms with Gasteiger partial charge in [0.05, 0.1) is 12.7 Å². The maximum absolute atomic E-state index is 5.07. The van der Waals surface area contributed by atoms with Gasteiger partial charge in [-0.25, -0.2) is 0 Å². The minimum absolute atomic E-state index is 0.641. The highest BCUT2D eigenvalue weighted by Crippen LogP contribution is 1.96. The molecule has 2 rings (SSSR count). The van der Waals surface area contributed by atoms with Crippen molar-refractivity contribution in [3.63, 3.8) is 0 Å². The monoisotopic (exact) mass is 210 g/mol. The summed E-state index contributed by atoms with van der Waals surface area (Å²) in [5.41, 5.74) is 0. The summed E-state index contributed by atoms with van der Waals surface area (Å²) < 4.78 is 4.33. The predicted octanol–water partition coefficient (Wildman–Crippen LogP) is 0.541. The van der Waals surface area contributed by atoms with E-state index in [1.807, 2.05) is 17.7 Å². The second kappa shape index (κ2) is 3.70. The van der Waals surface area contributed by atoms with Crippen LogP contribution < -0.4 is 0 Å². The zero-order valence-corrected chi connectivity index (χ0v) is 8.53. The molecule has 2 aromatic heterocycles. The van der Waals surface area contributed by atoms with Crippen LogP contribution in [-0.2, 0) is 13.1 Å². The number of H-pyrrole nitrogens is 1. The van der Waals surface area contributed by atoms with Crippen molar-refractivity contribution in [2.24, 2.45) is 0 Å². The summed E-state index contributed by atoms with van der Waals surface area (Å²) >= 11 is 5.07. The highest BCUT2D eigenvalue weighted by atomic mass is 32.1. The van der Waals surface area contributed by atoms with Crippen LogP contribution in [0.3, 0.4) is 0 Å². The van der Waals surface area contributed by atoms with Crippen LogP contribution >= 0.6 is 12.2 Å². The standard InChI is InChI=1S/C7H10N6S/c1-6-9-10-7(14)13(6)5-4-12-3-2-8-11-12/h2-3H,4-5H2,1H3,(H,10,14). The fraction of sp³-hybridized carbons (Fsp3) is 0.429. The topological polar surface area (TPSA) is 64.3 Å². The molecule has 0 aliphatic carbocycles. The van der Waals surface area contributed by atoms with E-state index in [9.17, 15) is 0 Å². The second-order valence-electron chi connectivity index (χ2n) is 2.89. The molecule has 0 unspecified atom stereocenters. The SMILES string of the molecule is Cc1n[nH]c(=S)n1CCn1ccnn1. The number of aromatic nitrogens is 6. The number of aryl methyl sites for hydroxylation is 2. The van der Waals surface area contributed by atoms with Gasteiger partial charge in [0, 0.05) is 12.7 Å². The van der Waals surface area contributed by atoms with Gasteiger partial charge in [-0.15, -0.1) is 5.10 Å². The minimum atomic E-state index is 0.641. The van der Waals surface area contributed by atoms with Crippen LogP contribution in [0, 0.1) is 11.7 Å². The number of nitrogens with one attached hydrogen (secondary N) is 1. The van der Waals surface area contributed by atoms with Crippen molar-refractivity contribution in [2.45, 2.75) is 20.0 Å². The number of aromatic amines is 1. The molecule has 0 amide bonds. The van der Waals surface area contributed by atoms with Crippen molar-refractivity contribution in [3.8, 4) is 0 Å². The van der Waals surface area contributed by atoms with Gasteiger partial charge < -0.3 is 4.57 Å². The molecule has 0 saturated carbocycles. The van der Waals surface area contributed by atoms with Crippen molar-refractivity contribution >= 4 is 12.2 Å². The summed E-state index contributed by atoms with van der Waals surface area (Å²) in [5, 5.41) is 14.3. The van der Waals surface area contributed by atoms with E-state index < -0.39 is 0 Å². The lowest BCUT2D eigenvalue weighted by molar-refractivity contribution is 0.509. The molecule has 0 aromatic carbocycles. The van der Waals surface area contributed by atoms with E-state index in [4.69, 9.17) is 12.2 Å². The maximum Gasteiger partial charge on any atom is 0.195 e. The van der Waals surface area contributed by atoms with E-state index in [1.54, 1.807) is 10.9 Å². The van der Waals surface area contributed by atoms with E-state index in [0.29, 0.717) is 4.77 Å². The third-order valence-electron chi connectivity index (χ3n) is 1.97. The van der Waals surface area contributed by atoms with E-state index in [-0.39, 0.29) is 0 Å². The molecule has 2 aromatic rings. The van der Waals surface area contributed by atoms with Crippen LogP contribution in [0.25, 0.3) is 0 Å². The number of nitrogens with zero attached hydrogens (tertiary/aromatic N) is 5. The number of hydrogen-bond donors (Lipinski definition) is 1. The fourth-order valence-corrected chi connectivity index (χ4v) is 1.48. The van der Waals surface area contributed by atoms with Gasteiger partial charge in [-0.2, -0.15) is 5.10 Å². The van der Waals surface area contributed by atoms with E-state index in [1.165, 1.54) is 0 Å². The molecule has 0 atom stereocenters. The van der Waals surface area contributed by atoms with Gasteiger partial charge in [-0.1, -0.05) is 5.21 Å². The van der Waals surface area contributed by atoms with E-state index in [2.05, 4.69) is 20.5 Å². The minimum Gasteiger partial charge on any atom is -0.303 e. The summed E-state index contributed by atoms with van der Waals surface area (Å²) in [6.07, 6.45) is 3.47. The van der Waals surface area contributed by atoms with Gasteiger partial charge in [0.1, 0.15) is 5.82 Å². The smallest absolute Gasteiger partial charge is 0.195 e. The molecular weight excluding hydrogens is 200 g/mol. The molecule has 74 valence electrons. The van der Waals surface area contributed by atoms with Gasteiger partial charge >= 0.3 is 0 Å². The van der Waals surface area contributed by atoms with Crippen LogP contribution in [-0.4, -0.2) is 29.8 Å². The van der Waals surface area contributed by atoms with Crippen molar-refractivity contribution in [2.75, 3.05) is 0 Å². The lowest BCUT2D eigenvalue weighted by atomic mass is 10.5. The molecule has 7 heteroatoms. The summed E-state index contributed by atoms with van der Waals surface area (Å²) in [7, 11) is 0. The zero-order valence-electron chi connectivity index (χ0n) is 7.71. The normalized spacial score (nSPS) is 10.6. The molecule has 0 radical (unpaired) electrons. The summed E-state index contributed by atoms with van der Waals surface area (Å²) in [4.78, 5) is 0. The number of rotatable bonds is 3. The van der Waals surface area contributed by atoms with E-state index >= 15 is 0 Å². The Hall–Kier alpha value is -1.50. The van der Waals surface area contributed by atoms with Gasteiger partial charge in [0.2, 0.25) is 0 Å². The third kappa shape index (κ3) is 1.72. The first-order chi connectivity index (χ1) is 6.77. The first-order valence-electron chi connectivity index (χ1n) is 4.23. The molecule has 0 fully saturated rings. The Morgan fingerprint density at radius 1 is 1.50 bits per heavy atom. The highest BCUT2D eigenvalue weighted by molar-refractivity contribution is 7.71. The summed E-state index contributed by atoms with van der Waals surface area (Å²) in [6.45, 7) is 3.41. The largest absolute Gasteiger partial charge is 0.303 e. The van der Waals surface area contributed by atoms with Crippen LogP contribution in [0.5, 0.6) is 0 Å². The Labute approximate surface area is 85.6 Å². The first-order valence-corrected chi connectivity index (χ1v) is 4.64. The molecule has 0 bridgehead atoms. The summed E-state index contributed by atoms with van der Waals surface area (Å²) in [6, 6.07) is 0. The average Bonchev–Trinajstić information content (AvgIpc) is 2.76. The highest BCUT2D eigenvalue weighted by Gasteiger charge is 2.00. The van der Waals surface area contributed by atoms with Crippen molar-refractivity contribution in [1.82, 2.24) is 29.8 Å². The average molecular weight is 210 g/mol. The third-order valence-corrected chi connectivity index (χ3v) is 2.29. The zero-order chi connectivity index (χ0) is 9.97. The molecule has 1 N–H and O–H groups in total. The first kappa shape index (κ1) is 9.07. The summed E-state index contributed by atoms with van der Waals surface area (Å²) in [5.74, 6) is 0.884. The van der Waals surface area contributed by atoms with Crippen molar-refractivity contribution in [1.29, 1.82) is 0 Å². The van der Waals surface area contributed by atoms with Crippen molar-refractivity contribution in [3.05, 3.63) is 23.0 Å². The number of hydrogen-bond acceptors (Lipinski definition) is 4. The van der Waals surface area contributed by atoms with Gasteiger partial charge in [-0.05, 0) is 19.1 Å². The molecule has 0 aliphatic heterocycles. The molecule has 0 aliphatic rings. The van der Waals surface area contributed by atoms with Crippen LogP contribution in [0.15, 0.2) is 12.4 Å². The molecule has 6 nitrogen and oxygen atoms in total. The molecule has 0 spiro atoms. The second-order valence-corrected chi connectivity index (χ2v) is 3.28. The molecule has 0 saturated heterocycles. The molecule has 2 heterocycles. The lowest BCUT2D eigenvalue weighted by Crippen LogP contribution is -2.09. The Balaban J connectivity index is 2.09. The predicted molar refractivity (Wildman–Crippen MR) is 52.2 cm³/mol. The lowest BCUT2D eigenvalue weighted by Gasteiger charge is -2.02. The van der Waals surface area contributed by atoms with Crippen LogP contribution in [0.1, 0.15) is 5.82 Å². The van der Waals surface area contributed by atoms with Crippen LogP contribution in [0.4, 0.5) is 0 Å². The Morgan fingerprint density at radius 3 is 2.93 bits per heavy atom. The maximum atomic E-state index is 5.07. The van der Waals surface area contributed by atoms with Crippen LogP contribution in [0.2, 0.25) is 0 Å². The quantitative estimate of drug-likeness (QED) is 0.751.